The van der Waals surface area contributed by atoms with Gasteiger partial charge in [0.15, 0.2) is 0 Å². The Kier molecular flexibility index (Phi) is 3.13. The lowest BCUT2D eigenvalue weighted by molar-refractivity contribution is -0.137. The molecular formula is C7H8N2O4S. The normalized spacial score (nSPS) is 10.1. The number of hydrogen-bond acceptors (Lipinski definition) is 4. The number of aliphatic carboxylic acids is 1. The highest BCUT2D eigenvalue weighted by Crippen LogP contribution is 2.04. The Morgan fingerprint density at radius 2 is 2.29 bits per heavy atom. The Labute approximate surface area is 82.6 Å². The van der Waals surface area contributed by atoms with Gasteiger partial charge in [0.05, 0.1) is 5.03 Å². The SMILES string of the molecule is CSc1cc(=O)n(CC(=O)O)c(=O)[nH]1. The second-order valence-electron chi connectivity index (χ2n) is 2.46. The molecule has 0 aliphatic heterocycles. The van der Waals surface area contributed by atoms with E-state index in [2.05, 4.69) is 4.98 Å². The number of carboxylic acids is 1. The zero-order chi connectivity index (χ0) is 10.7. The third-order valence-electron chi connectivity index (χ3n) is 1.51. The summed E-state index contributed by atoms with van der Waals surface area (Å²) in [6.45, 7) is -0.622. The van der Waals surface area contributed by atoms with Gasteiger partial charge >= 0.3 is 11.7 Å². The van der Waals surface area contributed by atoms with Crippen LogP contribution >= 0.6 is 11.8 Å². The summed E-state index contributed by atoms with van der Waals surface area (Å²) in [6.07, 6.45) is 1.70. The highest BCUT2D eigenvalue weighted by Gasteiger charge is 2.06. The molecule has 2 N–H and O–H groups in total. The molecule has 0 saturated heterocycles. The molecule has 0 atom stereocenters. The quantitative estimate of drug-likeness (QED) is 0.517. The molecule has 7 heteroatoms. The van der Waals surface area contributed by atoms with E-state index in [1.54, 1.807) is 6.26 Å². The molecule has 14 heavy (non-hydrogen) atoms. The van der Waals surface area contributed by atoms with Crippen LogP contribution in [0.5, 0.6) is 0 Å². The second kappa shape index (κ2) is 4.14. The molecule has 0 amide bonds. The van der Waals surface area contributed by atoms with Gasteiger partial charge in [-0.25, -0.2) is 9.36 Å². The van der Waals surface area contributed by atoms with Crippen molar-refractivity contribution in [3.63, 3.8) is 0 Å². The van der Waals surface area contributed by atoms with E-state index in [1.807, 2.05) is 0 Å². The van der Waals surface area contributed by atoms with Crippen molar-refractivity contribution in [2.75, 3.05) is 6.26 Å². The first-order valence-electron chi connectivity index (χ1n) is 3.64. The minimum atomic E-state index is -1.23. The van der Waals surface area contributed by atoms with Crippen molar-refractivity contribution in [1.82, 2.24) is 9.55 Å². The van der Waals surface area contributed by atoms with E-state index in [0.717, 1.165) is 0 Å². The van der Waals surface area contributed by atoms with Gasteiger partial charge in [-0.05, 0) is 6.26 Å². The number of H-pyrrole nitrogens is 1. The largest absolute Gasteiger partial charge is 0.480 e. The number of carboxylic acid groups (broad SMARTS) is 1. The zero-order valence-electron chi connectivity index (χ0n) is 7.31. The Balaban J connectivity index is 3.26. The van der Waals surface area contributed by atoms with Crippen LogP contribution in [-0.2, 0) is 11.3 Å². The molecule has 0 aromatic carbocycles. The number of aromatic amines is 1. The lowest BCUT2D eigenvalue weighted by Gasteiger charge is -2.01. The third kappa shape index (κ3) is 2.25. The third-order valence-corrected chi connectivity index (χ3v) is 2.17. The van der Waals surface area contributed by atoms with Gasteiger partial charge in [-0.2, -0.15) is 0 Å². The highest BCUT2D eigenvalue weighted by molar-refractivity contribution is 7.98. The Morgan fingerprint density at radius 1 is 1.64 bits per heavy atom. The molecule has 1 heterocycles. The maximum absolute atomic E-state index is 11.2. The summed E-state index contributed by atoms with van der Waals surface area (Å²) in [5.41, 5.74) is -1.32. The average Bonchev–Trinajstić information content (AvgIpc) is 2.10. The number of hydrogen-bond donors (Lipinski definition) is 2. The number of nitrogens with one attached hydrogen (secondary N) is 1. The van der Waals surface area contributed by atoms with Crippen molar-refractivity contribution < 1.29 is 9.90 Å². The number of nitrogens with zero attached hydrogens (tertiary/aromatic N) is 1. The summed E-state index contributed by atoms with van der Waals surface area (Å²) < 4.78 is 0.627. The van der Waals surface area contributed by atoms with Gasteiger partial charge in [-0.1, -0.05) is 0 Å². The molecule has 0 unspecified atom stereocenters. The summed E-state index contributed by atoms with van der Waals surface area (Å²) in [7, 11) is 0. The van der Waals surface area contributed by atoms with Crippen LogP contribution in [0.2, 0.25) is 0 Å². The van der Waals surface area contributed by atoms with Crippen molar-refractivity contribution in [3.8, 4) is 0 Å². The number of thioether (sulfide) groups is 1. The number of rotatable bonds is 3. The lowest BCUT2D eigenvalue weighted by atomic mass is 10.5. The van der Waals surface area contributed by atoms with Crippen LogP contribution in [0.15, 0.2) is 20.7 Å². The standard InChI is InChI=1S/C7H8N2O4S/c1-14-4-2-5(10)9(3-6(11)12)7(13)8-4/h2H,3H2,1H3,(H,8,13)(H,11,12). The predicted molar refractivity (Wildman–Crippen MR) is 50.7 cm³/mol. The molecule has 0 spiro atoms. The van der Waals surface area contributed by atoms with E-state index in [4.69, 9.17) is 5.11 Å². The summed E-state index contributed by atoms with van der Waals surface area (Å²) >= 11 is 1.21. The molecule has 0 bridgehead atoms. The van der Waals surface area contributed by atoms with Crippen LogP contribution in [0.25, 0.3) is 0 Å². The number of carbonyl (C=O) groups is 1. The van der Waals surface area contributed by atoms with Gasteiger partial charge in [0.1, 0.15) is 6.54 Å². The molecular weight excluding hydrogens is 208 g/mol. The van der Waals surface area contributed by atoms with Crippen molar-refractivity contribution in [2.45, 2.75) is 11.6 Å². The van der Waals surface area contributed by atoms with Gasteiger partial charge in [0.25, 0.3) is 5.56 Å². The fourth-order valence-electron chi connectivity index (χ4n) is 0.894. The fraction of sp³-hybridized carbons (Fsp3) is 0.286. The Hall–Kier alpha value is -1.50. The summed E-state index contributed by atoms with van der Waals surface area (Å²) in [5, 5.41) is 8.84. The molecule has 0 aliphatic carbocycles. The molecule has 76 valence electrons. The van der Waals surface area contributed by atoms with E-state index in [0.29, 0.717) is 9.59 Å². The zero-order valence-corrected chi connectivity index (χ0v) is 8.13. The van der Waals surface area contributed by atoms with Gasteiger partial charge < -0.3 is 10.1 Å². The van der Waals surface area contributed by atoms with Crippen LogP contribution in [0.4, 0.5) is 0 Å². The molecule has 6 nitrogen and oxygen atoms in total. The van der Waals surface area contributed by atoms with Gasteiger partial charge in [0.2, 0.25) is 0 Å². The topological polar surface area (TPSA) is 92.2 Å². The first-order valence-corrected chi connectivity index (χ1v) is 4.87. The van der Waals surface area contributed by atoms with E-state index in [9.17, 15) is 14.4 Å². The Morgan fingerprint density at radius 3 is 2.71 bits per heavy atom. The Bertz CT molecular complexity index is 430. The van der Waals surface area contributed by atoms with E-state index in [1.165, 1.54) is 17.8 Å². The fourth-order valence-corrected chi connectivity index (χ4v) is 1.30. The maximum atomic E-state index is 11.2. The molecule has 0 saturated carbocycles. The van der Waals surface area contributed by atoms with E-state index in [-0.39, 0.29) is 0 Å². The van der Waals surface area contributed by atoms with Crippen LogP contribution in [0, 0.1) is 0 Å². The first-order chi connectivity index (χ1) is 6.54. The summed E-state index contributed by atoms with van der Waals surface area (Å²) in [6, 6.07) is 1.19. The molecule has 1 rings (SSSR count). The smallest absolute Gasteiger partial charge is 0.329 e. The first kappa shape index (κ1) is 10.6. The predicted octanol–water partition coefficient (Wildman–Crippen LogP) is -0.657. The van der Waals surface area contributed by atoms with Crippen molar-refractivity contribution in [1.29, 1.82) is 0 Å². The van der Waals surface area contributed by atoms with Crippen LogP contribution in [0.1, 0.15) is 0 Å². The monoisotopic (exact) mass is 216 g/mol. The molecule has 0 radical (unpaired) electrons. The summed E-state index contributed by atoms with van der Waals surface area (Å²) in [5.74, 6) is -1.23. The van der Waals surface area contributed by atoms with Crippen LogP contribution < -0.4 is 11.2 Å². The molecule has 1 aromatic heterocycles. The van der Waals surface area contributed by atoms with E-state index < -0.39 is 23.8 Å². The van der Waals surface area contributed by atoms with Crippen molar-refractivity contribution in [3.05, 3.63) is 26.9 Å². The molecule has 0 fully saturated rings. The number of aromatic nitrogens is 2. The second-order valence-corrected chi connectivity index (χ2v) is 3.31. The van der Waals surface area contributed by atoms with E-state index >= 15 is 0 Å². The van der Waals surface area contributed by atoms with Gasteiger partial charge in [0, 0.05) is 6.07 Å². The van der Waals surface area contributed by atoms with Crippen molar-refractivity contribution in [2.24, 2.45) is 0 Å². The minimum absolute atomic E-state index is 0.418. The lowest BCUT2D eigenvalue weighted by Crippen LogP contribution is -2.36. The highest BCUT2D eigenvalue weighted by atomic mass is 32.2. The van der Waals surface area contributed by atoms with Gasteiger partial charge in [-0.3, -0.25) is 9.59 Å². The van der Waals surface area contributed by atoms with Crippen LogP contribution in [-0.4, -0.2) is 26.9 Å². The average molecular weight is 216 g/mol. The van der Waals surface area contributed by atoms with Crippen molar-refractivity contribution >= 4 is 17.7 Å². The maximum Gasteiger partial charge on any atom is 0.329 e. The van der Waals surface area contributed by atoms with Crippen LogP contribution in [0.3, 0.4) is 0 Å². The minimum Gasteiger partial charge on any atom is -0.480 e. The summed E-state index contributed by atoms with van der Waals surface area (Å²) in [4.78, 5) is 35.1. The molecule has 0 aliphatic rings. The molecule has 1 aromatic rings. The van der Waals surface area contributed by atoms with Gasteiger partial charge in [-0.15, -0.1) is 11.8 Å².